The van der Waals surface area contributed by atoms with Crippen molar-refractivity contribution in [2.45, 2.75) is 30.7 Å². The van der Waals surface area contributed by atoms with Gasteiger partial charge in [-0.25, -0.2) is 0 Å². The number of hydrogen-bond donors (Lipinski definition) is 1. The zero-order valence-corrected chi connectivity index (χ0v) is 12.7. The molecule has 1 aromatic rings. The van der Waals surface area contributed by atoms with E-state index in [4.69, 9.17) is 0 Å². The lowest BCUT2D eigenvalue weighted by atomic mass is 10.1. The Morgan fingerprint density at radius 2 is 2.05 bits per heavy atom. The number of nitrogens with one attached hydrogen (secondary N) is 1. The Morgan fingerprint density at radius 1 is 1.33 bits per heavy atom. The molecule has 3 amide bonds. The van der Waals surface area contributed by atoms with Crippen LogP contribution in [0, 0.1) is 0 Å². The predicted molar refractivity (Wildman–Crippen MR) is 80.7 cm³/mol. The van der Waals surface area contributed by atoms with Crippen LogP contribution in [-0.4, -0.2) is 41.0 Å². The number of carbonyl (C=O) groups excluding carboxylic acids is 3. The third-order valence-corrected chi connectivity index (χ3v) is 4.30. The lowest BCUT2D eigenvalue weighted by Crippen LogP contribution is -2.59. The number of nitrogens with zero attached hydrogens (tertiary/aromatic N) is 1. The molecule has 1 aliphatic heterocycles. The van der Waals surface area contributed by atoms with Crippen molar-refractivity contribution >= 4 is 29.5 Å². The summed E-state index contributed by atoms with van der Waals surface area (Å²) in [6.07, 6.45) is 0.827. The van der Waals surface area contributed by atoms with Gasteiger partial charge in [-0.1, -0.05) is 25.1 Å². The first-order valence-corrected chi connectivity index (χ1v) is 7.91. The lowest BCUT2D eigenvalue weighted by molar-refractivity contribution is -0.149. The number of benzene rings is 1. The van der Waals surface area contributed by atoms with Gasteiger partial charge in [-0.3, -0.25) is 19.7 Å². The molecule has 1 aliphatic rings. The molecule has 6 heteroatoms. The number of thioether (sulfide) groups is 1. The summed E-state index contributed by atoms with van der Waals surface area (Å²) in [5, 5.41) is 2.27. The van der Waals surface area contributed by atoms with Crippen molar-refractivity contribution in [3.05, 3.63) is 30.3 Å². The van der Waals surface area contributed by atoms with Crippen LogP contribution in [0.15, 0.2) is 35.2 Å². The number of hydrogen-bond acceptors (Lipinski definition) is 4. The van der Waals surface area contributed by atoms with Crippen LogP contribution >= 0.6 is 11.8 Å². The topological polar surface area (TPSA) is 66.5 Å². The maximum absolute atomic E-state index is 12.2. The van der Waals surface area contributed by atoms with Gasteiger partial charge in [-0.2, -0.15) is 0 Å². The third-order valence-electron chi connectivity index (χ3n) is 3.29. The number of imide groups is 1. The lowest BCUT2D eigenvalue weighted by Gasteiger charge is -2.33. The molecule has 0 saturated carbocycles. The average Bonchev–Trinajstić information content (AvgIpc) is 2.47. The fourth-order valence-electron chi connectivity index (χ4n) is 2.25. The molecular formula is C15H18N2O3S. The van der Waals surface area contributed by atoms with Crippen LogP contribution in [0.4, 0.5) is 0 Å². The van der Waals surface area contributed by atoms with Crippen molar-refractivity contribution in [2.75, 3.05) is 12.3 Å². The van der Waals surface area contributed by atoms with E-state index in [1.165, 1.54) is 4.90 Å². The van der Waals surface area contributed by atoms with E-state index in [9.17, 15) is 14.4 Å². The van der Waals surface area contributed by atoms with Crippen LogP contribution in [0.2, 0.25) is 0 Å². The van der Waals surface area contributed by atoms with Crippen molar-refractivity contribution in [2.24, 2.45) is 0 Å². The Morgan fingerprint density at radius 3 is 2.71 bits per heavy atom. The molecule has 2 rings (SSSR count). The van der Waals surface area contributed by atoms with Gasteiger partial charge < -0.3 is 4.90 Å². The summed E-state index contributed by atoms with van der Waals surface area (Å²) in [6.45, 7) is 1.80. The molecule has 0 aromatic heterocycles. The second kappa shape index (κ2) is 7.26. The van der Waals surface area contributed by atoms with Crippen molar-refractivity contribution in [1.82, 2.24) is 10.2 Å². The number of rotatable bonds is 5. The Labute approximate surface area is 128 Å². The van der Waals surface area contributed by atoms with E-state index >= 15 is 0 Å². The number of piperazine rings is 1. The smallest absolute Gasteiger partial charge is 0.249 e. The first-order chi connectivity index (χ1) is 10.1. The first kappa shape index (κ1) is 15.6. The molecular weight excluding hydrogens is 288 g/mol. The van der Waals surface area contributed by atoms with Gasteiger partial charge in [0.25, 0.3) is 0 Å². The van der Waals surface area contributed by atoms with Crippen molar-refractivity contribution < 1.29 is 14.4 Å². The summed E-state index contributed by atoms with van der Waals surface area (Å²) in [6, 6.07) is 9.29. The summed E-state index contributed by atoms with van der Waals surface area (Å²) < 4.78 is 0. The van der Waals surface area contributed by atoms with Crippen LogP contribution in [0.1, 0.15) is 19.8 Å². The Bertz CT molecular complexity index is 533. The third kappa shape index (κ3) is 4.07. The van der Waals surface area contributed by atoms with E-state index in [2.05, 4.69) is 5.32 Å². The normalized spacial score (nSPS) is 18.5. The van der Waals surface area contributed by atoms with Crippen LogP contribution in [-0.2, 0) is 14.4 Å². The van der Waals surface area contributed by atoms with Gasteiger partial charge in [0.05, 0.1) is 0 Å². The number of carbonyl (C=O) groups is 3. The molecule has 1 atom stereocenters. The second-order valence-corrected chi connectivity index (χ2v) is 5.94. The van der Waals surface area contributed by atoms with E-state index in [-0.39, 0.29) is 18.4 Å². The molecule has 1 unspecified atom stereocenters. The highest BCUT2D eigenvalue weighted by atomic mass is 32.2. The summed E-state index contributed by atoms with van der Waals surface area (Å²) >= 11 is 1.59. The molecule has 112 valence electrons. The molecule has 1 N–H and O–H groups in total. The Kier molecular flexibility index (Phi) is 5.38. The van der Waals surface area contributed by atoms with Crippen LogP contribution < -0.4 is 5.32 Å². The fourth-order valence-corrected chi connectivity index (χ4v) is 3.11. The van der Waals surface area contributed by atoms with Gasteiger partial charge in [0.2, 0.25) is 17.7 Å². The molecule has 0 aliphatic carbocycles. The highest BCUT2D eigenvalue weighted by Crippen LogP contribution is 2.19. The van der Waals surface area contributed by atoms with Gasteiger partial charge in [0.15, 0.2) is 0 Å². The fraction of sp³-hybridized carbons (Fsp3) is 0.400. The Hall–Kier alpha value is -1.82. The van der Waals surface area contributed by atoms with E-state index in [0.717, 1.165) is 4.90 Å². The maximum Gasteiger partial charge on any atom is 0.249 e. The van der Waals surface area contributed by atoms with Gasteiger partial charge in [0.1, 0.15) is 12.6 Å². The van der Waals surface area contributed by atoms with Crippen LogP contribution in [0.25, 0.3) is 0 Å². The van der Waals surface area contributed by atoms with E-state index in [1.807, 2.05) is 37.3 Å². The summed E-state index contributed by atoms with van der Waals surface area (Å²) in [5.41, 5.74) is 0. The van der Waals surface area contributed by atoms with Crippen molar-refractivity contribution in [1.29, 1.82) is 0 Å². The highest BCUT2D eigenvalue weighted by Gasteiger charge is 2.34. The largest absolute Gasteiger partial charge is 0.321 e. The zero-order valence-electron chi connectivity index (χ0n) is 11.9. The minimum atomic E-state index is -0.531. The quantitative estimate of drug-likeness (QED) is 0.660. The van der Waals surface area contributed by atoms with Gasteiger partial charge in [-0.05, 0) is 18.6 Å². The molecule has 0 bridgehead atoms. The molecule has 1 saturated heterocycles. The minimum Gasteiger partial charge on any atom is -0.321 e. The summed E-state index contributed by atoms with van der Waals surface area (Å²) in [7, 11) is 0. The Balaban J connectivity index is 1.89. The molecule has 1 heterocycles. The molecule has 0 spiro atoms. The first-order valence-electron chi connectivity index (χ1n) is 6.93. The van der Waals surface area contributed by atoms with E-state index < -0.39 is 11.9 Å². The van der Waals surface area contributed by atoms with Gasteiger partial charge in [0, 0.05) is 17.1 Å². The molecule has 5 nitrogen and oxygen atoms in total. The summed E-state index contributed by atoms with van der Waals surface area (Å²) in [5.74, 6) is -0.300. The predicted octanol–water partition coefficient (Wildman–Crippen LogP) is 1.43. The van der Waals surface area contributed by atoms with Crippen LogP contribution in [0.3, 0.4) is 0 Å². The SMILES string of the molecule is CCC1C(=O)NC(=O)CN1C(=O)CCSc1ccccc1. The monoisotopic (exact) mass is 306 g/mol. The summed E-state index contributed by atoms with van der Waals surface area (Å²) in [4.78, 5) is 37.9. The van der Waals surface area contributed by atoms with Crippen molar-refractivity contribution in [3.8, 4) is 0 Å². The van der Waals surface area contributed by atoms with E-state index in [1.54, 1.807) is 11.8 Å². The average molecular weight is 306 g/mol. The number of amides is 3. The molecule has 1 fully saturated rings. The zero-order chi connectivity index (χ0) is 15.2. The van der Waals surface area contributed by atoms with Crippen LogP contribution in [0.5, 0.6) is 0 Å². The molecule has 1 aromatic carbocycles. The molecule has 21 heavy (non-hydrogen) atoms. The van der Waals surface area contributed by atoms with E-state index in [0.29, 0.717) is 18.6 Å². The van der Waals surface area contributed by atoms with Gasteiger partial charge >= 0.3 is 0 Å². The van der Waals surface area contributed by atoms with Gasteiger partial charge in [-0.15, -0.1) is 11.8 Å². The molecule has 0 radical (unpaired) electrons. The highest BCUT2D eigenvalue weighted by molar-refractivity contribution is 7.99. The maximum atomic E-state index is 12.2. The standard InChI is InChI=1S/C15H18N2O3S/c1-2-12-15(20)16-13(18)10-17(12)14(19)8-9-21-11-6-4-3-5-7-11/h3-7,12H,2,8-10H2,1H3,(H,16,18,20). The minimum absolute atomic E-state index is 0.0287. The second-order valence-electron chi connectivity index (χ2n) is 4.77. The van der Waals surface area contributed by atoms with Crippen molar-refractivity contribution in [3.63, 3.8) is 0 Å².